The van der Waals surface area contributed by atoms with E-state index >= 15 is 0 Å². The number of rotatable bonds is 9. The Morgan fingerprint density at radius 3 is 2.38 bits per heavy atom. The third-order valence-electron chi connectivity index (χ3n) is 5.37. The summed E-state index contributed by atoms with van der Waals surface area (Å²) in [5, 5.41) is 21.1. The smallest absolute Gasteiger partial charge is 0.422 e. The molecule has 2 amide bonds. The van der Waals surface area contributed by atoms with Gasteiger partial charge in [-0.25, -0.2) is 13.9 Å². The number of hydrogen-bond donors (Lipinski definition) is 3. The number of aromatic nitrogens is 3. The van der Waals surface area contributed by atoms with Crippen LogP contribution in [0.4, 0.5) is 33.7 Å². The van der Waals surface area contributed by atoms with Gasteiger partial charge in [-0.1, -0.05) is 35.5 Å². The van der Waals surface area contributed by atoms with Crippen LogP contribution in [0, 0.1) is 5.82 Å². The number of amides is 2. The van der Waals surface area contributed by atoms with Gasteiger partial charge in [0, 0.05) is 22.8 Å². The number of halogens is 4. The number of Topliss-reactive ketones (excluding diaryl/α,β-unsaturated/α-hetero) is 1. The monoisotopic (exact) mass is 557 g/mol. The Bertz CT molecular complexity index is 1560. The van der Waals surface area contributed by atoms with Gasteiger partial charge >= 0.3 is 12.3 Å². The minimum Gasteiger partial charge on any atom is -0.483 e. The van der Waals surface area contributed by atoms with Gasteiger partial charge in [0.05, 0.1) is 35.9 Å². The number of benzene rings is 3. The van der Waals surface area contributed by atoms with Crippen molar-refractivity contribution in [3.8, 4) is 22.6 Å². The Labute approximate surface area is 223 Å². The van der Waals surface area contributed by atoms with Crippen LogP contribution in [0.25, 0.3) is 16.8 Å². The van der Waals surface area contributed by atoms with Gasteiger partial charge in [0.1, 0.15) is 11.6 Å². The molecule has 0 saturated carbocycles. The van der Waals surface area contributed by atoms with Crippen LogP contribution in [0.3, 0.4) is 0 Å². The third-order valence-corrected chi connectivity index (χ3v) is 5.37. The summed E-state index contributed by atoms with van der Waals surface area (Å²) in [4.78, 5) is 37.0. The van der Waals surface area contributed by atoms with Crippen LogP contribution >= 0.6 is 0 Å². The van der Waals surface area contributed by atoms with E-state index in [0.717, 1.165) is 18.2 Å². The SMILES string of the molecule is O=C(O)Nc1cc(OCC(F)(F)F)c(-c2ccccc2F)cc1NC(=O)CC(=O)c1cccc(-n2ccnn2)c1. The number of alkyl halides is 3. The maximum atomic E-state index is 14.6. The highest BCUT2D eigenvalue weighted by Gasteiger charge is 2.30. The molecule has 3 aromatic carbocycles. The van der Waals surface area contributed by atoms with E-state index in [0.29, 0.717) is 5.69 Å². The second kappa shape index (κ2) is 11.6. The molecule has 0 radical (unpaired) electrons. The van der Waals surface area contributed by atoms with E-state index in [-0.39, 0.29) is 28.1 Å². The number of anilines is 2. The molecule has 3 N–H and O–H groups in total. The predicted molar refractivity (Wildman–Crippen MR) is 134 cm³/mol. The quantitative estimate of drug-likeness (QED) is 0.144. The minimum atomic E-state index is -4.74. The van der Waals surface area contributed by atoms with Crippen molar-refractivity contribution in [3.63, 3.8) is 0 Å². The fourth-order valence-electron chi connectivity index (χ4n) is 3.68. The third kappa shape index (κ3) is 6.98. The second-order valence-electron chi connectivity index (χ2n) is 8.25. The van der Waals surface area contributed by atoms with E-state index in [1.807, 2.05) is 5.32 Å². The molecule has 14 heteroatoms. The Balaban J connectivity index is 1.65. The van der Waals surface area contributed by atoms with Gasteiger partial charge in [-0.3, -0.25) is 14.9 Å². The maximum absolute atomic E-state index is 14.6. The second-order valence-corrected chi connectivity index (χ2v) is 8.25. The first kappa shape index (κ1) is 27.8. The van der Waals surface area contributed by atoms with Crippen molar-refractivity contribution in [1.29, 1.82) is 0 Å². The molecular formula is C26H19F4N5O5. The van der Waals surface area contributed by atoms with Crippen LogP contribution in [0.5, 0.6) is 5.75 Å². The zero-order chi connectivity index (χ0) is 28.9. The number of hydrogen-bond acceptors (Lipinski definition) is 6. The summed E-state index contributed by atoms with van der Waals surface area (Å²) in [7, 11) is 0. The van der Waals surface area contributed by atoms with Crippen molar-refractivity contribution in [3.05, 3.63) is 84.4 Å². The number of ketones is 1. The molecule has 0 bridgehead atoms. The molecular weight excluding hydrogens is 538 g/mol. The Morgan fingerprint density at radius 2 is 1.70 bits per heavy atom. The van der Waals surface area contributed by atoms with Crippen LogP contribution in [-0.4, -0.2) is 50.7 Å². The molecule has 0 fully saturated rings. The van der Waals surface area contributed by atoms with Gasteiger partial charge in [0.25, 0.3) is 0 Å². The lowest BCUT2D eigenvalue weighted by Gasteiger charge is -2.18. The summed E-state index contributed by atoms with van der Waals surface area (Å²) >= 11 is 0. The topological polar surface area (TPSA) is 135 Å². The summed E-state index contributed by atoms with van der Waals surface area (Å²) in [5.74, 6) is -2.76. The molecule has 0 spiro atoms. The fourth-order valence-corrected chi connectivity index (χ4v) is 3.68. The standard InChI is InChI=1S/C26H19F4N5O5/c27-19-7-2-1-6-17(19)18-11-20(21(33-25(38)39)12-23(18)40-14-26(28,29)30)32-24(37)13-22(36)15-4-3-5-16(10-15)35-9-8-31-34-35/h1-12,33H,13-14H2,(H,32,37)(H,38,39). The van der Waals surface area contributed by atoms with Crippen LogP contribution in [-0.2, 0) is 4.79 Å². The molecule has 0 aliphatic carbocycles. The van der Waals surface area contributed by atoms with Gasteiger partial charge in [-0.15, -0.1) is 5.10 Å². The Kier molecular flexibility index (Phi) is 8.07. The van der Waals surface area contributed by atoms with E-state index in [9.17, 15) is 37.1 Å². The molecule has 0 aliphatic rings. The molecule has 10 nitrogen and oxygen atoms in total. The summed E-state index contributed by atoms with van der Waals surface area (Å²) < 4.78 is 59.5. The lowest BCUT2D eigenvalue weighted by atomic mass is 10.0. The fraction of sp³-hybridized carbons (Fsp3) is 0.115. The maximum Gasteiger partial charge on any atom is 0.422 e. The van der Waals surface area contributed by atoms with E-state index in [1.165, 1.54) is 41.2 Å². The van der Waals surface area contributed by atoms with E-state index in [1.54, 1.807) is 18.3 Å². The summed E-state index contributed by atoms with van der Waals surface area (Å²) in [6.07, 6.45) is -4.01. The average molecular weight is 557 g/mol. The lowest BCUT2D eigenvalue weighted by Crippen LogP contribution is -2.21. The molecule has 0 atom stereocenters. The number of carbonyl (C=O) groups is 3. The van der Waals surface area contributed by atoms with E-state index in [2.05, 4.69) is 15.6 Å². The molecule has 1 heterocycles. The highest BCUT2D eigenvalue weighted by Crippen LogP contribution is 2.39. The van der Waals surface area contributed by atoms with Crippen LogP contribution in [0.1, 0.15) is 16.8 Å². The van der Waals surface area contributed by atoms with Crippen LogP contribution < -0.4 is 15.4 Å². The van der Waals surface area contributed by atoms with Crippen LogP contribution in [0.2, 0.25) is 0 Å². The Hall–Kier alpha value is -5.27. The molecule has 0 saturated heterocycles. The minimum absolute atomic E-state index is 0.168. The zero-order valence-corrected chi connectivity index (χ0v) is 20.3. The molecule has 1 aromatic heterocycles. The largest absolute Gasteiger partial charge is 0.483 e. The van der Waals surface area contributed by atoms with E-state index < -0.39 is 48.6 Å². The first-order chi connectivity index (χ1) is 19.0. The lowest BCUT2D eigenvalue weighted by molar-refractivity contribution is -0.153. The summed E-state index contributed by atoms with van der Waals surface area (Å²) in [5.41, 5.74) is -0.276. The molecule has 0 unspecified atom stereocenters. The number of nitrogens with one attached hydrogen (secondary N) is 2. The van der Waals surface area contributed by atoms with E-state index in [4.69, 9.17) is 4.74 Å². The van der Waals surface area contributed by atoms with Crippen LogP contribution in [0.15, 0.2) is 73.1 Å². The first-order valence-electron chi connectivity index (χ1n) is 11.4. The number of ether oxygens (including phenoxy) is 1. The first-order valence-corrected chi connectivity index (χ1v) is 11.4. The molecule has 206 valence electrons. The molecule has 0 aliphatic heterocycles. The van der Waals surface area contributed by atoms with Gasteiger partial charge < -0.3 is 15.2 Å². The van der Waals surface area contributed by atoms with Gasteiger partial charge in [-0.05, 0) is 24.3 Å². The van der Waals surface area contributed by atoms with Crippen molar-refractivity contribution >= 4 is 29.2 Å². The van der Waals surface area contributed by atoms with Crippen molar-refractivity contribution in [2.24, 2.45) is 0 Å². The van der Waals surface area contributed by atoms with Gasteiger partial charge in [-0.2, -0.15) is 13.2 Å². The molecule has 4 aromatic rings. The van der Waals surface area contributed by atoms with Gasteiger partial charge in [0.15, 0.2) is 12.4 Å². The molecule has 40 heavy (non-hydrogen) atoms. The highest BCUT2D eigenvalue weighted by atomic mass is 19.4. The number of carbonyl (C=O) groups excluding carboxylic acids is 2. The van der Waals surface area contributed by atoms with Crippen molar-refractivity contribution in [1.82, 2.24) is 15.0 Å². The number of carboxylic acid groups (broad SMARTS) is 1. The van der Waals surface area contributed by atoms with Crippen molar-refractivity contribution < 1.29 is 41.8 Å². The zero-order valence-electron chi connectivity index (χ0n) is 20.3. The summed E-state index contributed by atoms with van der Waals surface area (Å²) in [6, 6.07) is 13.3. The summed E-state index contributed by atoms with van der Waals surface area (Å²) in [6.45, 7) is -1.74. The molecule has 4 rings (SSSR count). The van der Waals surface area contributed by atoms with Gasteiger partial charge in [0.2, 0.25) is 5.91 Å². The highest BCUT2D eigenvalue weighted by molar-refractivity contribution is 6.12. The number of nitrogens with zero attached hydrogens (tertiary/aromatic N) is 3. The normalized spacial score (nSPS) is 11.1. The van der Waals surface area contributed by atoms with Crippen molar-refractivity contribution in [2.75, 3.05) is 17.2 Å². The average Bonchev–Trinajstić information content (AvgIpc) is 3.43. The van der Waals surface area contributed by atoms with Crippen molar-refractivity contribution in [2.45, 2.75) is 12.6 Å². The predicted octanol–water partition coefficient (Wildman–Crippen LogP) is 5.32. The Morgan fingerprint density at radius 1 is 0.950 bits per heavy atom.